The SMILES string of the molecule is CC(=O)n1ncc2cc(OC(C)CCN3C(=O)C4=CC=CCC4C3=O)ncc21. The molecule has 8 heteroatoms. The number of imide groups is 1. The minimum absolute atomic E-state index is 0.135. The summed E-state index contributed by atoms with van der Waals surface area (Å²) in [5.41, 5.74) is 1.20. The fourth-order valence-corrected chi connectivity index (χ4v) is 3.54. The predicted molar refractivity (Wildman–Crippen MR) is 101 cm³/mol. The first-order valence-electron chi connectivity index (χ1n) is 9.19. The van der Waals surface area contributed by atoms with Crippen LogP contribution in [0.3, 0.4) is 0 Å². The molecule has 0 bridgehead atoms. The van der Waals surface area contributed by atoms with Crippen molar-refractivity contribution >= 4 is 28.6 Å². The molecule has 0 radical (unpaired) electrons. The van der Waals surface area contributed by atoms with Crippen LogP contribution in [0, 0.1) is 5.92 Å². The van der Waals surface area contributed by atoms with E-state index in [4.69, 9.17) is 4.74 Å². The van der Waals surface area contributed by atoms with Crippen molar-refractivity contribution in [1.82, 2.24) is 19.7 Å². The number of likely N-dealkylation sites (tertiary alicyclic amines) is 1. The van der Waals surface area contributed by atoms with Crippen molar-refractivity contribution in [3.8, 4) is 5.88 Å². The molecule has 0 saturated carbocycles. The normalized spacial score (nSPS) is 19.7. The molecule has 1 saturated heterocycles. The second kappa shape index (κ2) is 7.03. The first-order chi connectivity index (χ1) is 13.5. The van der Waals surface area contributed by atoms with Gasteiger partial charge in [0, 0.05) is 36.9 Å². The number of nitrogens with zero attached hydrogens (tertiary/aromatic N) is 4. The summed E-state index contributed by atoms with van der Waals surface area (Å²) in [4.78, 5) is 42.0. The Hall–Kier alpha value is -3.29. The number of pyridine rings is 1. The number of amides is 2. The topological polar surface area (TPSA) is 94.4 Å². The highest BCUT2D eigenvalue weighted by Gasteiger charge is 2.42. The van der Waals surface area contributed by atoms with E-state index in [-0.39, 0.29) is 29.7 Å². The molecule has 2 aromatic rings. The van der Waals surface area contributed by atoms with E-state index < -0.39 is 0 Å². The van der Waals surface area contributed by atoms with Gasteiger partial charge in [0.25, 0.3) is 5.91 Å². The van der Waals surface area contributed by atoms with Gasteiger partial charge >= 0.3 is 0 Å². The standard InChI is InChI=1S/C20H20N4O4/c1-12(7-8-23-19(26)15-5-3-4-6-16(15)20(23)27)28-18-9-14-10-22-24(13(2)25)17(14)11-21-18/h3-5,9-12,16H,6-8H2,1-2H3. The zero-order valence-electron chi connectivity index (χ0n) is 15.7. The number of hydrogen-bond donors (Lipinski definition) is 0. The van der Waals surface area contributed by atoms with Gasteiger partial charge in [0.1, 0.15) is 0 Å². The van der Waals surface area contributed by atoms with E-state index in [0.717, 1.165) is 5.39 Å². The van der Waals surface area contributed by atoms with Crippen LogP contribution < -0.4 is 4.74 Å². The Kier molecular flexibility index (Phi) is 4.54. The third-order valence-corrected chi connectivity index (χ3v) is 5.02. The van der Waals surface area contributed by atoms with E-state index in [1.165, 1.54) is 16.5 Å². The maximum atomic E-state index is 12.5. The van der Waals surface area contributed by atoms with Crippen LogP contribution in [0.2, 0.25) is 0 Å². The lowest BCUT2D eigenvalue weighted by molar-refractivity contribution is -0.139. The quantitative estimate of drug-likeness (QED) is 0.738. The summed E-state index contributed by atoms with van der Waals surface area (Å²) in [7, 11) is 0. The van der Waals surface area contributed by atoms with Gasteiger partial charge in [-0.1, -0.05) is 18.2 Å². The lowest BCUT2D eigenvalue weighted by Crippen LogP contribution is -2.33. The Balaban J connectivity index is 1.39. The van der Waals surface area contributed by atoms with Gasteiger partial charge in [-0.25, -0.2) is 4.98 Å². The average Bonchev–Trinajstić information content (AvgIpc) is 3.20. The summed E-state index contributed by atoms with van der Waals surface area (Å²) in [6.45, 7) is 3.60. The second-order valence-electron chi connectivity index (χ2n) is 7.01. The van der Waals surface area contributed by atoms with Crippen molar-refractivity contribution in [2.45, 2.75) is 32.8 Å². The average molecular weight is 380 g/mol. The predicted octanol–water partition coefficient (Wildman–Crippen LogP) is 2.12. The maximum absolute atomic E-state index is 12.5. The summed E-state index contributed by atoms with van der Waals surface area (Å²) in [6.07, 6.45) is 9.42. The highest BCUT2D eigenvalue weighted by molar-refractivity contribution is 6.15. The lowest BCUT2D eigenvalue weighted by Gasteiger charge is -2.18. The molecule has 144 valence electrons. The Labute approximate surface area is 161 Å². The minimum Gasteiger partial charge on any atom is -0.475 e. The molecule has 0 N–H and O–H groups in total. The molecule has 1 aliphatic heterocycles. The van der Waals surface area contributed by atoms with Crippen molar-refractivity contribution in [2.24, 2.45) is 5.92 Å². The summed E-state index contributed by atoms with van der Waals surface area (Å²) in [5.74, 6) is -0.463. The van der Waals surface area contributed by atoms with Crippen LogP contribution in [0.5, 0.6) is 5.88 Å². The van der Waals surface area contributed by atoms with Crippen molar-refractivity contribution in [3.05, 3.63) is 42.3 Å². The van der Waals surface area contributed by atoms with Gasteiger partial charge in [0.15, 0.2) is 0 Å². The second-order valence-corrected chi connectivity index (χ2v) is 7.01. The molecule has 2 unspecified atom stereocenters. The zero-order valence-corrected chi connectivity index (χ0v) is 15.7. The van der Waals surface area contributed by atoms with Gasteiger partial charge < -0.3 is 4.74 Å². The number of hydrogen-bond acceptors (Lipinski definition) is 6. The van der Waals surface area contributed by atoms with Gasteiger partial charge in [0.05, 0.1) is 29.9 Å². The first kappa shape index (κ1) is 18.1. The van der Waals surface area contributed by atoms with Gasteiger partial charge in [-0.05, 0) is 13.3 Å². The van der Waals surface area contributed by atoms with Crippen LogP contribution in [-0.2, 0) is 9.59 Å². The number of allylic oxidation sites excluding steroid dienone is 3. The molecule has 2 amide bonds. The van der Waals surface area contributed by atoms with E-state index in [1.807, 2.05) is 19.1 Å². The molecule has 3 heterocycles. The molecule has 0 aromatic carbocycles. The van der Waals surface area contributed by atoms with Crippen LogP contribution in [0.4, 0.5) is 0 Å². The van der Waals surface area contributed by atoms with Crippen LogP contribution in [0.15, 0.2) is 42.3 Å². The molecular formula is C20H20N4O4. The largest absolute Gasteiger partial charge is 0.475 e. The first-order valence-corrected chi connectivity index (χ1v) is 9.19. The minimum atomic E-state index is -0.337. The van der Waals surface area contributed by atoms with E-state index >= 15 is 0 Å². The van der Waals surface area contributed by atoms with E-state index in [2.05, 4.69) is 10.1 Å². The number of rotatable bonds is 5. The highest BCUT2D eigenvalue weighted by atomic mass is 16.5. The fraction of sp³-hybridized carbons (Fsp3) is 0.350. The monoisotopic (exact) mass is 380 g/mol. The molecule has 2 aromatic heterocycles. The van der Waals surface area contributed by atoms with Crippen molar-refractivity contribution < 1.29 is 19.1 Å². The molecule has 28 heavy (non-hydrogen) atoms. The zero-order chi connectivity index (χ0) is 19.8. The molecule has 8 nitrogen and oxygen atoms in total. The fourth-order valence-electron chi connectivity index (χ4n) is 3.54. The molecule has 2 aliphatic rings. The van der Waals surface area contributed by atoms with Crippen molar-refractivity contribution in [1.29, 1.82) is 0 Å². The molecule has 1 fully saturated rings. The van der Waals surface area contributed by atoms with Crippen LogP contribution in [0.25, 0.3) is 10.9 Å². The summed E-state index contributed by atoms with van der Waals surface area (Å²) >= 11 is 0. The molecule has 2 atom stereocenters. The van der Waals surface area contributed by atoms with Crippen LogP contribution in [-0.4, -0.2) is 50.0 Å². The number of aromatic nitrogens is 3. The molecule has 4 rings (SSSR count). The molecule has 0 spiro atoms. The molecule has 1 aliphatic carbocycles. The molecular weight excluding hydrogens is 360 g/mol. The van der Waals surface area contributed by atoms with Crippen molar-refractivity contribution in [3.63, 3.8) is 0 Å². The number of ether oxygens (including phenoxy) is 1. The van der Waals surface area contributed by atoms with E-state index in [1.54, 1.807) is 24.5 Å². The third kappa shape index (κ3) is 3.11. The van der Waals surface area contributed by atoms with Crippen LogP contribution in [0.1, 0.15) is 31.5 Å². The Bertz CT molecular complexity index is 1040. The number of carbonyl (C=O) groups excluding carboxylic acids is 3. The Morgan fingerprint density at radius 2 is 2.18 bits per heavy atom. The number of carbonyl (C=O) groups is 3. The maximum Gasteiger partial charge on any atom is 0.257 e. The third-order valence-electron chi connectivity index (χ3n) is 5.02. The summed E-state index contributed by atoms with van der Waals surface area (Å²) in [6, 6.07) is 1.72. The van der Waals surface area contributed by atoms with E-state index in [9.17, 15) is 14.4 Å². The van der Waals surface area contributed by atoms with Gasteiger partial charge in [-0.3, -0.25) is 19.3 Å². The Morgan fingerprint density at radius 1 is 1.36 bits per heavy atom. The van der Waals surface area contributed by atoms with Crippen LogP contribution >= 0.6 is 0 Å². The Morgan fingerprint density at radius 3 is 2.93 bits per heavy atom. The smallest absolute Gasteiger partial charge is 0.257 e. The summed E-state index contributed by atoms with van der Waals surface area (Å²) in [5, 5.41) is 4.79. The van der Waals surface area contributed by atoms with Gasteiger partial charge in [-0.15, -0.1) is 0 Å². The lowest BCUT2D eigenvalue weighted by atomic mass is 9.94. The highest BCUT2D eigenvalue weighted by Crippen LogP contribution is 2.31. The number of fused-ring (bicyclic) bond motifs is 2. The van der Waals surface area contributed by atoms with Crippen molar-refractivity contribution in [2.75, 3.05) is 6.54 Å². The van der Waals surface area contributed by atoms with E-state index in [0.29, 0.717) is 36.4 Å². The van der Waals surface area contributed by atoms with Gasteiger partial charge in [0.2, 0.25) is 17.7 Å². The van der Waals surface area contributed by atoms with Gasteiger partial charge in [-0.2, -0.15) is 9.78 Å². The summed E-state index contributed by atoms with van der Waals surface area (Å²) < 4.78 is 7.11.